The number of carbonyl (C=O) groups excluding carboxylic acids is 1. The van der Waals surface area contributed by atoms with Crippen molar-refractivity contribution in [1.29, 1.82) is 0 Å². The summed E-state index contributed by atoms with van der Waals surface area (Å²) in [6.45, 7) is 0. The molecular formula is C23H18FN3OS. The van der Waals surface area contributed by atoms with E-state index < -0.39 is 0 Å². The number of hydrogen-bond acceptors (Lipinski definition) is 4. The highest BCUT2D eigenvalue weighted by Crippen LogP contribution is 2.25. The molecule has 1 N–H and O–H groups in total. The maximum Gasteiger partial charge on any atom is 0.244 e. The van der Waals surface area contributed by atoms with Crippen LogP contribution in [-0.4, -0.2) is 10.9 Å². The number of anilines is 2. The molecule has 0 saturated heterocycles. The van der Waals surface area contributed by atoms with E-state index in [9.17, 15) is 9.18 Å². The van der Waals surface area contributed by atoms with E-state index in [1.807, 2.05) is 66.0 Å². The fourth-order valence-electron chi connectivity index (χ4n) is 2.90. The van der Waals surface area contributed by atoms with E-state index in [4.69, 9.17) is 0 Å². The number of nitrogens with one attached hydrogen (secondary N) is 1. The van der Waals surface area contributed by atoms with Crippen molar-refractivity contribution in [3.63, 3.8) is 0 Å². The van der Waals surface area contributed by atoms with Crippen molar-refractivity contribution in [2.24, 2.45) is 0 Å². The number of hydrazine groups is 1. The lowest BCUT2D eigenvalue weighted by atomic mass is 10.2. The van der Waals surface area contributed by atoms with E-state index in [0.717, 1.165) is 11.4 Å². The van der Waals surface area contributed by atoms with Crippen LogP contribution in [0, 0.1) is 5.82 Å². The molecule has 6 heteroatoms. The van der Waals surface area contributed by atoms with Gasteiger partial charge in [-0.15, -0.1) is 11.3 Å². The van der Waals surface area contributed by atoms with Gasteiger partial charge in [-0.1, -0.05) is 48.5 Å². The molecule has 1 amide bonds. The van der Waals surface area contributed by atoms with Gasteiger partial charge in [-0.05, 0) is 36.4 Å². The highest BCUT2D eigenvalue weighted by Gasteiger charge is 2.15. The van der Waals surface area contributed by atoms with Gasteiger partial charge in [-0.25, -0.2) is 9.37 Å². The van der Waals surface area contributed by atoms with Crippen LogP contribution in [0.2, 0.25) is 0 Å². The maximum atomic E-state index is 13.4. The van der Waals surface area contributed by atoms with Crippen LogP contribution < -0.4 is 10.4 Å². The standard InChI is InChI=1S/C23H18FN3OS/c24-18-9-7-8-17(14-18)23-25-19(16-29-23)15-22(28)26-27(20-10-3-1-4-11-20)21-12-5-2-6-13-21/h1-14,16H,15H2,(H,26,28). The van der Waals surface area contributed by atoms with Crippen LogP contribution in [0.1, 0.15) is 5.69 Å². The number of amides is 1. The van der Waals surface area contributed by atoms with Crippen LogP contribution in [0.3, 0.4) is 0 Å². The lowest BCUT2D eigenvalue weighted by Crippen LogP contribution is -2.39. The van der Waals surface area contributed by atoms with Gasteiger partial charge in [0.05, 0.1) is 23.5 Å². The Hall–Kier alpha value is -3.51. The molecule has 0 aliphatic heterocycles. The molecule has 0 fully saturated rings. The fraction of sp³-hybridized carbons (Fsp3) is 0.0435. The molecule has 0 aliphatic rings. The molecule has 1 aromatic heterocycles. The zero-order chi connectivity index (χ0) is 20.1. The number of thiazole rings is 1. The van der Waals surface area contributed by atoms with Crippen LogP contribution in [0.15, 0.2) is 90.3 Å². The number of halogens is 1. The average molecular weight is 403 g/mol. The van der Waals surface area contributed by atoms with Gasteiger partial charge in [-0.3, -0.25) is 15.2 Å². The Balaban J connectivity index is 1.50. The monoisotopic (exact) mass is 403 g/mol. The van der Waals surface area contributed by atoms with Crippen molar-refractivity contribution in [3.8, 4) is 10.6 Å². The van der Waals surface area contributed by atoms with Crippen molar-refractivity contribution in [2.45, 2.75) is 6.42 Å². The molecule has 144 valence electrons. The van der Waals surface area contributed by atoms with E-state index in [2.05, 4.69) is 10.4 Å². The number of para-hydroxylation sites is 2. The minimum atomic E-state index is -0.307. The van der Waals surface area contributed by atoms with E-state index >= 15 is 0 Å². The van der Waals surface area contributed by atoms with Gasteiger partial charge in [0.25, 0.3) is 0 Å². The summed E-state index contributed by atoms with van der Waals surface area (Å²) in [6, 6.07) is 25.5. The molecule has 4 aromatic rings. The van der Waals surface area contributed by atoms with Gasteiger partial charge in [0.15, 0.2) is 0 Å². The SMILES string of the molecule is O=C(Cc1csc(-c2cccc(F)c2)n1)NN(c1ccccc1)c1ccccc1. The first-order valence-corrected chi connectivity index (χ1v) is 9.97. The average Bonchev–Trinajstić information content (AvgIpc) is 3.22. The van der Waals surface area contributed by atoms with Crippen LogP contribution >= 0.6 is 11.3 Å². The second-order valence-corrected chi connectivity index (χ2v) is 7.23. The molecule has 0 bridgehead atoms. The summed E-state index contributed by atoms with van der Waals surface area (Å²) < 4.78 is 13.4. The zero-order valence-electron chi connectivity index (χ0n) is 15.5. The summed E-state index contributed by atoms with van der Waals surface area (Å²) in [4.78, 5) is 17.2. The molecule has 4 nitrogen and oxygen atoms in total. The summed E-state index contributed by atoms with van der Waals surface area (Å²) in [5.74, 6) is -0.493. The lowest BCUT2D eigenvalue weighted by Gasteiger charge is -2.25. The van der Waals surface area contributed by atoms with Crippen molar-refractivity contribution in [3.05, 3.63) is 102 Å². The molecule has 0 radical (unpaired) electrons. The minimum Gasteiger partial charge on any atom is -0.273 e. The first kappa shape index (κ1) is 18.8. The van der Waals surface area contributed by atoms with Gasteiger partial charge < -0.3 is 0 Å². The number of nitrogens with zero attached hydrogens (tertiary/aromatic N) is 2. The Morgan fingerprint density at radius 2 is 1.59 bits per heavy atom. The van der Waals surface area contributed by atoms with Crippen LogP contribution in [0.4, 0.5) is 15.8 Å². The van der Waals surface area contributed by atoms with E-state index in [0.29, 0.717) is 16.3 Å². The Labute approximate surface area is 172 Å². The third kappa shape index (κ3) is 4.67. The van der Waals surface area contributed by atoms with Crippen molar-refractivity contribution < 1.29 is 9.18 Å². The topological polar surface area (TPSA) is 45.2 Å². The van der Waals surface area contributed by atoms with Crippen LogP contribution in [0.5, 0.6) is 0 Å². The molecule has 4 rings (SSSR count). The smallest absolute Gasteiger partial charge is 0.244 e. The quantitative estimate of drug-likeness (QED) is 0.441. The van der Waals surface area contributed by atoms with Crippen LogP contribution in [0.25, 0.3) is 10.6 Å². The summed E-state index contributed by atoms with van der Waals surface area (Å²) >= 11 is 1.39. The van der Waals surface area contributed by atoms with Crippen molar-refractivity contribution in [2.75, 3.05) is 5.01 Å². The second kappa shape index (κ2) is 8.67. The van der Waals surface area contributed by atoms with Gasteiger partial charge in [0, 0.05) is 10.9 Å². The minimum absolute atomic E-state index is 0.127. The second-order valence-electron chi connectivity index (χ2n) is 6.37. The van der Waals surface area contributed by atoms with E-state index in [1.165, 1.54) is 23.5 Å². The molecule has 3 aromatic carbocycles. The fourth-order valence-corrected chi connectivity index (χ4v) is 3.72. The number of hydrogen-bond donors (Lipinski definition) is 1. The number of rotatable bonds is 6. The third-order valence-corrected chi connectivity index (χ3v) is 5.17. The number of carbonyl (C=O) groups is 1. The highest BCUT2D eigenvalue weighted by atomic mass is 32.1. The highest BCUT2D eigenvalue weighted by molar-refractivity contribution is 7.13. The molecule has 1 heterocycles. The summed E-state index contributed by atoms with van der Waals surface area (Å²) in [5.41, 5.74) is 6.01. The molecule has 29 heavy (non-hydrogen) atoms. The summed E-state index contributed by atoms with van der Waals surface area (Å²) in [7, 11) is 0. The van der Waals surface area contributed by atoms with Gasteiger partial charge in [0.2, 0.25) is 5.91 Å². The first-order valence-electron chi connectivity index (χ1n) is 9.09. The van der Waals surface area contributed by atoms with Crippen LogP contribution in [-0.2, 0) is 11.2 Å². The molecule has 0 saturated carbocycles. The predicted molar refractivity (Wildman–Crippen MR) is 114 cm³/mol. The Morgan fingerprint density at radius 3 is 2.21 bits per heavy atom. The Bertz CT molecular complexity index is 1060. The maximum absolute atomic E-state index is 13.4. The van der Waals surface area contributed by atoms with Gasteiger partial charge in [0.1, 0.15) is 10.8 Å². The predicted octanol–water partition coefficient (Wildman–Crippen LogP) is 5.36. The summed E-state index contributed by atoms with van der Waals surface area (Å²) in [6.07, 6.45) is 0.127. The third-order valence-electron chi connectivity index (χ3n) is 4.23. The van der Waals surface area contributed by atoms with Gasteiger partial charge in [-0.2, -0.15) is 0 Å². The molecular weight excluding hydrogens is 385 g/mol. The zero-order valence-corrected chi connectivity index (χ0v) is 16.3. The normalized spacial score (nSPS) is 10.5. The molecule has 0 aliphatic carbocycles. The number of benzene rings is 3. The molecule has 0 unspecified atom stereocenters. The van der Waals surface area contributed by atoms with Crippen molar-refractivity contribution >= 4 is 28.6 Å². The Kier molecular flexibility index (Phi) is 5.63. The lowest BCUT2D eigenvalue weighted by molar-refractivity contribution is -0.120. The largest absolute Gasteiger partial charge is 0.273 e. The van der Waals surface area contributed by atoms with E-state index in [1.54, 1.807) is 17.1 Å². The van der Waals surface area contributed by atoms with E-state index in [-0.39, 0.29) is 18.1 Å². The Morgan fingerprint density at radius 1 is 0.931 bits per heavy atom. The molecule has 0 spiro atoms. The molecule has 0 atom stereocenters. The first-order chi connectivity index (χ1) is 14.2. The summed E-state index contributed by atoms with van der Waals surface area (Å²) in [5, 5.41) is 4.27. The number of aromatic nitrogens is 1. The van der Waals surface area contributed by atoms with Crippen molar-refractivity contribution in [1.82, 2.24) is 10.4 Å². The van der Waals surface area contributed by atoms with Gasteiger partial charge >= 0.3 is 0 Å².